The summed E-state index contributed by atoms with van der Waals surface area (Å²) in [7, 11) is 0. The second-order valence-corrected chi connectivity index (χ2v) is 7.95. The van der Waals surface area contributed by atoms with E-state index < -0.39 is 0 Å². The monoisotopic (exact) mass is 419 g/mol. The highest BCUT2D eigenvalue weighted by Crippen LogP contribution is 2.30. The molecule has 1 heterocycles. The van der Waals surface area contributed by atoms with Crippen LogP contribution in [0.5, 0.6) is 0 Å². The lowest BCUT2D eigenvalue weighted by Gasteiger charge is -2.10. The van der Waals surface area contributed by atoms with Gasteiger partial charge in [0.25, 0.3) is 5.91 Å². The van der Waals surface area contributed by atoms with Gasteiger partial charge in [-0.3, -0.25) is 4.79 Å². The summed E-state index contributed by atoms with van der Waals surface area (Å²) in [6, 6.07) is 23.5. The second-order valence-electron chi connectivity index (χ2n) is 7.95. The van der Waals surface area contributed by atoms with Crippen molar-refractivity contribution >= 4 is 22.6 Å². The fourth-order valence-corrected chi connectivity index (χ4v) is 3.61. The third-order valence-electron chi connectivity index (χ3n) is 5.54. The molecule has 3 aromatic carbocycles. The zero-order valence-corrected chi connectivity index (χ0v) is 17.4. The number of hydrogen-bond acceptors (Lipinski definition) is 5. The van der Waals surface area contributed by atoms with Crippen molar-refractivity contribution in [2.24, 2.45) is 0 Å². The summed E-state index contributed by atoms with van der Waals surface area (Å²) in [5.41, 5.74) is 5.13. The molecule has 1 aliphatic rings. The third kappa shape index (κ3) is 4.28. The minimum absolute atomic E-state index is 0.168. The Kier molecular flexibility index (Phi) is 5.22. The van der Waals surface area contributed by atoms with Gasteiger partial charge in [0.2, 0.25) is 0 Å². The number of nitrogens with one attached hydrogen (secondary N) is 2. The average molecular weight is 419 g/mol. The van der Waals surface area contributed by atoms with Crippen LogP contribution in [0.1, 0.15) is 34.3 Å². The first-order valence-corrected chi connectivity index (χ1v) is 10.6. The molecule has 1 aromatic heterocycles. The number of rotatable bonds is 6. The molecule has 0 unspecified atom stereocenters. The van der Waals surface area contributed by atoms with Gasteiger partial charge < -0.3 is 10.6 Å². The molecule has 32 heavy (non-hydrogen) atoms. The molecule has 1 aliphatic carbocycles. The number of nitrogens with zero attached hydrogens (tertiary/aromatic N) is 3. The van der Waals surface area contributed by atoms with Gasteiger partial charge in [-0.15, -0.1) is 0 Å². The predicted molar refractivity (Wildman–Crippen MR) is 124 cm³/mol. The molecule has 0 saturated heterocycles. The average Bonchev–Trinajstić information content (AvgIpc) is 3.67. The van der Waals surface area contributed by atoms with Gasteiger partial charge in [0, 0.05) is 23.5 Å². The van der Waals surface area contributed by atoms with Crippen LogP contribution < -0.4 is 10.6 Å². The Morgan fingerprint density at radius 1 is 1.00 bits per heavy atom. The van der Waals surface area contributed by atoms with E-state index in [0.29, 0.717) is 23.7 Å². The largest absolute Gasteiger partial charge is 0.367 e. The molecule has 0 atom stereocenters. The van der Waals surface area contributed by atoms with E-state index in [1.54, 1.807) is 30.6 Å². The summed E-state index contributed by atoms with van der Waals surface area (Å²) in [4.78, 5) is 21.3. The van der Waals surface area contributed by atoms with Gasteiger partial charge in [0.1, 0.15) is 12.1 Å². The molecule has 0 spiro atoms. The number of amides is 1. The number of carbonyl (C=O) groups excluding carboxylic acids is 1. The Labute approximate surface area is 186 Å². The molecular weight excluding hydrogens is 398 g/mol. The molecule has 1 saturated carbocycles. The number of benzene rings is 3. The van der Waals surface area contributed by atoms with E-state index >= 15 is 0 Å². The molecule has 6 heteroatoms. The predicted octanol–water partition coefficient (Wildman–Crippen LogP) is 4.67. The maximum atomic E-state index is 12.4. The van der Waals surface area contributed by atoms with Gasteiger partial charge >= 0.3 is 0 Å². The summed E-state index contributed by atoms with van der Waals surface area (Å²) in [5.74, 6) is 0.712. The summed E-state index contributed by atoms with van der Waals surface area (Å²) in [6.45, 7) is 0.415. The lowest BCUT2D eigenvalue weighted by atomic mass is 10.0. The zero-order chi connectivity index (χ0) is 21.9. The van der Waals surface area contributed by atoms with E-state index in [0.717, 1.165) is 33.4 Å². The number of nitriles is 1. The Morgan fingerprint density at radius 3 is 2.59 bits per heavy atom. The van der Waals surface area contributed by atoms with Gasteiger partial charge in [0.15, 0.2) is 0 Å². The summed E-state index contributed by atoms with van der Waals surface area (Å²) in [5, 5.41) is 16.3. The molecule has 0 bridgehead atoms. The van der Waals surface area contributed by atoms with E-state index in [1.165, 1.54) is 12.8 Å². The van der Waals surface area contributed by atoms with Crippen molar-refractivity contribution in [1.82, 2.24) is 15.3 Å². The first-order chi connectivity index (χ1) is 15.7. The maximum Gasteiger partial charge on any atom is 0.251 e. The topological polar surface area (TPSA) is 90.7 Å². The van der Waals surface area contributed by atoms with Crippen molar-refractivity contribution < 1.29 is 4.79 Å². The van der Waals surface area contributed by atoms with E-state index in [1.807, 2.05) is 18.2 Å². The van der Waals surface area contributed by atoms with Crippen molar-refractivity contribution in [1.29, 1.82) is 5.26 Å². The van der Waals surface area contributed by atoms with Crippen LogP contribution in [0.3, 0.4) is 0 Å². The van der Waals surface area contributed by atoms with Crippen LogP contribution in [0.4, 0.5) is 5.82 Å². The van der Waals surface area contributed by atoms with Crippen molar-refractivity contribution in [3.8, 4) is 17.2 Å². The van der Waals surface area contributed by atoms with Crippen LogP contribution in [0.25, 0.3) is 22.0 Å². The zero-order valence-electron chi connectivity index (χ0n) is 17.4. The molecule has 0 radical (unpaired) electrons. The van der Waals surface area contributed by atoms with Crippen molar-refractivity contribution in [2.45, 2.75) is 25.4 Å². The van der Waals surface area contributed by atoms with Crippen LogP contribution in [0.15, 0.2) is 73.1 Å². The van der Waals surface area contributed by atoms with Gasteiger partial charge in [-0.1, -0.05) is 24.3 Å². The molecule has 6 nitrogen and oxygen atoms in total. The van der Waals surface area contributed by atoms with Crippen LogP contribution in [0, 0.1) is 11.3 Å². The van der Waals surface area contributed by atoms with E-state index in [2.05, 4.69) is 50.9 Å². The normalized spacial score (nSPS) is 12.8. The van der Waals surface area contributed by atoms with Gasteiger partial charge in [-0.25, -0.2) is 9.97 Å². The van der Waals surface area contributed by atoms with Crippen LogP contribution in [-0.2, 0) is 6.54 Å². The highest BCUT2D eigenvalue weighted by molar-refractivity contribution is 5.94. The molecule has 0 aliphatic heterocycles. The number of carbonyl (C=O) groups is 1. The molecule has 5 rings (SSSR count). The summed E-state index contributed by atoms with van der Waals surface area (Å²) in [6.07, 6.45) is 3.97. The smallest absolute Gasteiger partial charge is 0.251 e. The summed E-state index contributed by atoms with van der Waals surface area (Å²) >= 11 is 0. The van der Waals surface area contributed by atoms with Crippen LogP contribution in [0.2, 0.25) is 0 Å². The van der Waals surface area contributed by atoms with Crippen LogP contribution in [-0.4, -0.2) is 21.9 Å². The molecule has 2 N–H and O–H groups in total. The molecule has 156 valence electrons. The maximum absolute atomic E-state index is 12.4. The first kappa shape index (κ1) is 19.7. The number of hydrogen-bond donors (Lipinski definition) is 2. The fourth-order valence-electron chi connectivity index (χ4n) is 3.61. The van der Waals surface area contributed by atoms with Crippen molar-refractivity contribution in [3.63, 3.8) is 0 Å². The number of anilines is 1. The minimum atomic E-state index is -0.168. The Balaban J connectivity index is 1.34. The minimum Gasteiger partial charge on any atom is -0.367 e. The quantitative estimate of drug-likeness (QED) is 0.474. The Bertz CT molecular complexity index is 1340. The first-order valence-electron chi connectivity index (χ1n) is 10.6. The highest BCUT2D eigenvalue weighted by Gasteiger charge is 2.22. The van der Waals surface area contributed by atoms with E-state index in [9.17, 15) is 4.79 Å². The van der Waals surface area contributed by atoms with E-state index in [-0.39, 0.29) is 5.91 Å². The van der Waals surface area contributed by atoms with E-state index in [4.69, 9.17) is 5.26 Å². The highest BCUT2D eigenvalue weighted by atomic mass is 16.1. The van der Waals surface area contributed by atoms with Crippen molar-refractivity contribution in [2.75, 3.05) is 5.32 Å². The van der Waals surface area contributed by atoms with Gasteiger partial charge in [0.05, 0.1) is 17.1 Å². The third-order valence-corrected chi connectivity index (χ3v) is 5.54. The second kappa shape index (κ2) is 8.48. The summed E-state index contributed by atoms with van der Waals surface area (Å²) < 4.78 is 0. The standard InChI is InChI=1S/C26H21N5O/c27-14-17-4-6-19(7-5-17)26(32)28-15-18-2-1-3-20(12-18)21-8-11-24-23(13-21)25(30-16-29-24)31-22-9-10-22/h1-8,11-13,16,22H,9-10,15H2,(H,28,32)(H,29,30,31). The molecule has 1 fully saturated rings. The Hall–Kier alpha value is -4.24. The van der Waals surface area contributed by atoms with Gasteiger partial charge in [-0.05, 0) is 72.0 Å². The fraction of sp³-hybridized carbons (Fsp3) is 0.154. The molecule has 4 aromatic rings. The lowest BCUT2D eigenvalue weighted by molar-refractivity contribution is 0.0951. The lowest BCUT2D eigenvalue weighted by Crippen LogP contribution is -2.22. The number of fused-ring (bicyclic) bond motifs is 1. The van der Waals surface area contributed by atoms with Crippen molar-refractivity contribution in [3.05, 3.63) is 89.7 Å². The molecule has 1 amide bonds. The number of aromatic nitrogens is 2. The van der Waals surface area contributed by atoms with Crippen LogP contribution >= 0.6 is 0 Å². The van der Waals surface area contributed by atoms with Gasteiger partial charge in [-0.2, -0.15) is 5.26 Å². The Morgan fingerprint density at radius 2 is 1.81 bits per heavy atom. The molecular formula is C26H21N5O. The SMILES string of the molecule is N#Cc1ccc(C(=O)NCc2cccc(-c3ccc4ncnc(NC5CC5)c4c3)c2)cc1.